The molecule has 1 aromatic carbocycles. The van der Waals surface area contributed by atoms with Crippen LogP contribution in [-0.4, -0.2) is 20.2 Å². The quantitative estimate of drug-likeness (QED) is 0.739. The van der Waals surface area contributed by atoms with Gasteiger partial charge in [-0.25, -0.2) is 0 Å². The zero-order chi connectivity index (χ0) is 9.26. The first-order valence-electron chi connectivity index (χ1n) is 4.64. The summed E-state index contributed by atoms with van der Waals surface area (Å²) in [6.07, 6.45) is 1.30. The molecular formula is C11H15NO. The lowest BCUT2D eigenvalue weighted by atomic mass is 10.1. The predicted molar refractivity (Wildman–Crippen MR) is 52.7 cm³/mol. The van der Waals surface area contributed by atoms with Crippen molar-refractivity contribution in [2.24, 2.45) is 0 Å². The summed E-state index contributed by atoms with van der Waals surface area (Å²) in [7, 11) is 3.76. The van der Waals surface area contributed by atoms with E-state index in [1.165, 1.54) is 11.1 Å². The van der Waals surface area contributed by atoms with Gasteiger partial charge in [0, 0.05) is 13.2 Å². The Labute approximate surface area is 78.9 Å². The fraction of sp³-hybridized carbons (Fsp3) is 0.455. The minimum atomic E-state index is 0.223. The van der Waals surface area contributed by atoms with E-state index in [1.807, 2.05) is 7.05 Å². The second kappa shape index (κ2) is 3.48. The molecule has 1 aliphatic rings. The van der Waals surface area contributed by atoms with Gasteiger partial charge in [-0.1, -0.05) is 24.3 Å². The van der Waals surface area contributed by atoms with Crippen molar-refractivity contribution in [3.8, 4) is 0 Å². The van der Waals surface area contributed by atoms with E-state index in [4.69, 9.17) is 4.74 Å². The fourth-order valence-electron chi connectivity index (χ4n) is 2.10. The molecule has 70 valence electrons. The normalized spacial score (nSPS) is 26.0. The minimum absolute atomic E-state index is 0.223. The van der Waals surface area contributed by atoms with Gasteiger partial charge in [0.1, 0.15) is 0 Å². The van der Waals surface area contributed by atoms with Crippen molar-refractivity contribution in [3.05, 3.63) is 35.4 Å². The van der Waals surface area contributed by atoms with E-state index in [2.05, 4.69) is 29.6 Å². The summed E-state index contributed by atoms with van der Waals surface area (Å²) < 4.78 is 5.48. The van der Waals surface area contributed by atoms with Crippen LogP contribution in [0.15, 0.2) is 24.3 Å². The van der Waals surface area contributed by atoms with Crippen LogP contribution in [0.25, 0.3) is 0 Å². The molecule has 2 heteroatoms. The van der Waals surface area contributed by atoms with Crippen LogP contribution in [0, 0.1) is 0 Å². The molecule has 1 N–H and O–H groups in total. The van der Waals surface area contributed by atoms with E-state index in [0.717, 1.165) is 6.42 Å². The maximum atomic E-state index is 5.48. The minimum Gasteiger partial charge on any atom is -0.375 e. The van der Waals surface area contributed by atoms with Gasteiger partial charge >= 0.3 is 0 Å². The van der Waals surface area contributed by atoms with Gasteiger partial charge < -0.3 is 10.1 Å². The summed E-state index contributed by atoms with van der Waals surface area (Å²) in [6.45, 7) is 0. The van der Waals surface area contributed by atoms with Gasteiger partial charge in [0.2, 0.25) is 0 Å². The highest BCUT2D eigenvalue weighted by Crippen LogP contribution is 2.33. The number of hydrogen-bond donors (Lipinski definition) is 1. The number of nitrogens with one attached hydrogen (secondary N) is 1. The number of ether oxygens (including phenoxy) is 1. The summed E-state index contributed by atoms with van der Waals surface area (Å²) in [5.74, 6) is 0. The standard InChI is InChI=1S/C11H15NO/c1-12-10-7-8-5-3-4-6-9(8)11(10)13-2/h3-6,10-12H,7H2,1-2H3. The first-order valence-corrected chi connectivity index (χ1v) is 4.64. The molecule has 0 bridgehead atoms. The smallest absolute Gasteiger partial charge is 0.0979 e. The first-order chi connectivity index (χ1) is 6.36. The number of rotatable bonds is 2. The number of fused-ring (bicyclic) bond motifs is 1. The van der Waals surface area contributed by atoms with Crippen LogP contribution in [0.3, 0.4) is 0 Å². The average Bonchev–Trinajstić information content (AvgIpc) is 2.55. The number of likely N-dealkylation sites (N-methyl/N-ethyl adjacent to an activating group) is 1. The van der Waals surface area contributed by atoms with Gasteiger partial charge in [-0.2, -0.15) is 0 Å². The van der Waals surface area contributed by atoms with E-state index in [0.29, 0.717) is 6.04 Å². The topological polar surface area (TPSA) is 21.3 Å². The Morgan fingerprint density at radius 2 is 2.15 bits per heavy atom. The van der Waals surface area contributed by atoms with Crippen LogP contribution in [0.4, 0.5) is 0 Å². The molecule has 0 saturated heterocycles. The van der Waals surface area contributed by atoms with Crippen LogP contribution >= 0.6 is 0 Å². The molecule has 1 aliphatic carbocycles. The summed E-state index contributed by atoms with van der Waals surface area (Å²) in [4.78, 5) is 0. The van der Waals surface area contributed by atoms with E-state index >= 15 is 0 Å². The Balaban J connectivity index is 2.34. The highest BCUT2D eigenvalue weighted by molar-refractivity contribution is 5.36. The highest BCUT2D eigenvalue weighted by atomic mass is 16.5. The largest absolute Gasteiger partial charge is 0.375 e. The Morgan fingerprint density at radius 3 is 2.85 bits per heavy atom. The summed E-state index contributed by atoms with van der Waals surface area (Å²) in [6, 6.07) is 8.92. The van der Waals surface area contributed by atoms with Crippen molar-refractivity contribution in [1.29, 1.82) is 0 Å². The van der Waals surface area contributed by atoms with Gasteiger partial charge in [0.05, 0.1) is 6.10 Å². The Morgan fingerprint density at radius 1 is 1.38 bits per heavy atom. The van der Waals surface area contributed by atoms with Crippen LogP contribution < -0.4 is 5.32 Å². The van der Waals surface area contributed by atoms with Crippen molar-refractivity contribution in [2.45, 2.75) is 18.6 Å². The lowest BCUT2D eigenvalue weighted by molar-refractivity contribution is 0.0809. The summed E-state index contributed by atoms with van der Waals surface area (Å²) >= 11 is 0. The third-order valence-corrected chi connectivity index (χ3v) is 2.79. The molecule has 13 heavy (non-hydrogen) atoms. The SMILES string of the molecule is CNC1Cc2ccccc2C1OC. The molecule has 0 spiro atoms. The maximum Gasteiger partial charge on any atom is 0.0979 e. The number of benzene rings is 1. The molecule has 0 saturated carbocycles. The molecular weight excluding hydrogens is 162 g/mol. The van der Waals surface area contributed by atoms with E-state index < -0.39 is 0 Å². The predicted octanol–water partition coefficient (Wildman–Crippen LogP) is 1.52. The van der Waals surface area contributed by atoms with Crippen LogP contribution in [-0.2, 0) is 11.2 Å². The van der Waals surface area contributed by atoms with E-state index in [9.17, 15) is 0 Å². The zero-order valence-electron chi connectivity index (χ0n) is 8.08. The van der Waals surface area contributed by atoms with Crippen molar-refractivity contribution in [1.82, 2.24) is 5.32 Å². The van der Waals surface area contributed by atoms with Crippen LogP contribution in [0.5, 0.6) is 0 Å². The van der Waals surface area contributed by atoms with Gasteiger partial charge in [-0.3, -0.25) is 0 Å². The maximum absolute atomic E-state index is 5.48. The van der Waals surface area contributed by atoms with Gasteiger partial charge in [0.25, 0.3) is 0 Å². The molecule has 0 radical (unpaired) electrons. The summed E-state index contributed by atoms with van der Waals surface area (Å²) in [5, 5.41) is 3.29. The fourth-order valence-corrected chi connectivity index (χ4v) is 2.10. The monoisotopic (exact) mass is 177 g/mol. The molecule has 0 heterocycles. The van der Waals surface area contributed by atoms with Gasteiger partial charge in [0.15, 0.2) is 0 Å². The van der Waals surface area contributed by atoms with Crippen LogP contribution in [0.2, 0.25) is 0 Å². The van der Waals surface area contributed by atoms with Crippen molar-refractivity contribution < 1.29 is 4.74 Å². The molecule has 2 atom stereocenters. The van der Waals surface area contributed by atoms with Crippen molar-refractivity contribution in [3.63, 3.8) is 0 Å². The van der Waals surface area contributed by atoms with Gasteiger partial charge in [-0.05, 0) is 24.6 Å². The lowest BCUT2D eigenvalue weighted by Gasteiger charge is -2.17. The third-order valence-electron chi connectivity index (χ3n) is 2.79. The van der Waals surface area contributed by atoms with Crippen molar-refractivity contribution >= 4 is 0 Å². The molecule has 2 rings (SSSR count). The Bertz CT molecular complexity index is 298. The third kappa shape index (κ3) is 1.36. The lowest BCUT2D eigenvalue weighted by Crippen LogP contribution is -2.30. The Kier molecular flexibility index (Phi) is 2.34. The molecule has 0 fully saturated rings. The molecule has 0 amide bonds. The Hall–Kier alpha value is -0.860. The molecule has 0 aliphatic heterocycles. The molecule has 2 nitrogen and oxygen atoms in total. The highest BCUT2D eigenvalue weighted by Gasteiger charge is 2.30. The molecule has 0 aromatic heterocycles. The second-order valence-electron chi connectivity index (χ2n) is 3.45. The number of methoxy groups -OCH3 is 1. The zero-order valence-corrected chi connectivity index (χ0v) is 8.08. The molecule has 2 unspecified atom stereocenters. The van der Waals surface area contributed by atoms with Crippen LogP contribution in [0.1, 0.15) is 17.2 Å². The number of hydrogen-bond acceptors (Lipinski definition) is 2. The van der Waals surface area contributed by atoms with E-state index in [1.54, 1.807) is 7.11 Å². The van der Waals surface area contributed by atoms with Crippen molar-refractivity contribution in [2.75, 3.05) is 14.2 Å². The second-order valence-corrected chi connectivity index (χ2v) is 3.45. The first kappa shape index (κ1) is 8.73. The van der Waals surface area contributed by atoms with E-state index in [-0.39, 0.29) is 6.10 Å². The van der Waals surface area contributed by atoms with Gasteiger partial charge in [-0.15, -0.1) is 0 Å². The summed E-state index contributed by atoms with van der Waals surface area (Å²) in [5.41, 5.74) is 2.75. The average molecular weight is 177 g/mol. The molecule has 1 aromatic rings.